The third-order valence-corrected chi connectivity index (χ3v) is 5.64. The van der Waals surface area contributed by atoms with Crippen LogP contribution >= 0.6 is 0 Å². The molecule has 1 atom stereocenters. The van der Waals surface area contributed by atoms with Gasteiger partial charge < -0.3 is 15.0 Å². The molecule has 6 heteroatoms. The zero-order valence-electron chi connectivity index (χ0n) is 18.6. The quantitative estimate of drug-likeness (QED) is 0.712. The molecule has 1 fully saturated rings. The van der Waals surface area contributed by atoms with Gasteiger partial charge in [-0.05, 0) is 37.5 Å². The minimum atomic E-state index is -0.0864. The Morgan fingerprint density at radius 1 is 1.23 bits per heavy atom. The fourth-order valence-corrected chi connectivity index (χ4v) is 4.12. The number of aromatic nitrogens is 2. The van der Waals surface area contributed by atoms with Gasteiger partial charge in [-0.1, -0.05) is 39.3 Å². The van der Waals surface area contributed by atoms with E-state index in [-0.39, 0.29) is 17.9 Å². The summed E-state index contributed by atoms with van der Waals surface area (Å²) in [6.45, 7) is 7.82. The number of carbonyl (C=O) groups excluding carboxylic acids is 1. The first-order valence-electron chi connectivity index (χ1n) is 11.0. The third-order valence-electron chi connectivity index (χ3n) is 5.64. The maximum atomic E-state index is 13.0. The lowest BCUT2D eigenvalue weighted by Crippen LogP contribution is -2.50. The van der Waals surface area contributed by atoms with Crippen LogP contribution in [0.4, 0.5) is 0 Å². The average Bonchev–Trinajstić information content (AvgIpc) is 2.78. The monoisotopic (exact) mass is 410 g/mol. The zero-order valence-corrected chi connectivity index (χ0v) is 18.6. The Bertz CT molecular complexity index is 831. The van der Waals surface area contributed by atoms with E-state index in [1.807, 2.05) is 41.4 Å². The summed E-state index contributed by atoms with van der Waals surface area (Å²) in [6.07, 6.45) is 5.48. The van der Waals surface area contributed by atoms with Crippen molar-refractivity contribution in [2.24, 2.45) is 0 Å². The van der Waals surface area contributed by atoms with E-state index >= 15 is 0 Å². The van der Waals surface area contributed by atoms with Crippen LogP contribution < -0.4 is 10.1 Å². The maximum Gasteiger partial charge on any atom is 0.239 e. The van der Waals surface area contributed by atoms with Crippen molar-refractivity contribution in [1.29, 1.82) is 0 Å². The summed E-state index contributed by atoms with van der Waals surface area (Å²) in [4.78, 5) is 24.4. The molecule has 1 aromatic carbocycles. The third kappa shape index (κ3) is 5.36. The molecule has 1 N–H and O–H groups in total. The smallest absolute Gasteiger partial charge is 0.239 e. The minimum Gasteiger partial charge on any atom is -0.496 e. The largest absolute Gasteiger partial charge is 0.496 e. The van der Waals surface area contributed by atoms with E-state index in [0.717, 1.165) is 61.6 Å². The van der Waals surface area contributed by atoms with Crippen molar-refractivity contribution < 1.29 is 9.53 Å². The van der Waals surface area contributed by atoms with Gasteiger partial charge in [0, 0.05) is 36.8 Å². The van der Waals surface area contributed by atoms with Crippen molar-refractivity contribution in [1.82, 2.24) is 20.2 Å². The molecule has 0 bridgehead atoms. The van der Waals surface area contributed by atoms with Crippen LogP contribution in [0.1, 0.15) is 58.2 Å². The molecular weight excluding hydrogens is 376 g/mol. The van der Waals surface area contributed by atoms with Crippen LogP contribution in [-0.2, 0) is 4.79 Å². The number of hydrogen-bond donors (Lipinski definition) is 1. The Kier molecular flexibility index (Phi) is 7.80. The first-order chi connectivity index (χ1) is 14.5. The number of nitrogens with one attached hydrogen (secondary N) is 1. The number of hydrogen-bond acceptors (Lipinski definition) is 5. The molecule has 2 aromatic rings. The van der Waals surface area contributed by atoms with Crippen LogP contribution in [0.3, 0.4) is 0 Å². The van der Waals surface area contributed by atoms with E-state index in [1.54, 1.807) is 7.11 Å². The standard InChI is InChI=1S/C24H34N4O2/c1-5-8-21(26-17(2)3)24(29)28-15-12-18(13-16-28)23-25-14-11-20(27-23)19-9-6-7-10-22(19)30-4/h6-7,9-11,14,17-18,21,26H,5,8,12-13,15-16H2,1-4H3. The summed E-state index contributed by atoms with van der Waals surface area (Å²) in [7, 11) is 1.67. The molecule has 0 saturated carbocycles. The lowest BCUT2D eigenvalue weighted by molar-refractivity contribution is -0.135. The van der Waals surface area contributed by atoms with Crippen molar-refractivity contribution in [3.05, 3.63) is 42.4 Å². The molecule has 3 rings (SSSR count). The van der Waals surface area contributed by atoms with Crippen molar-refractivity contribution in [3.8, 4) is 17.0 Å². The summed E-state index contributed by atoms with van der Waals surface area (Å²) < 4.78 is 5.48. The topological polar surface area (TPSA) is 67.4 Å². The molecule has 0 aliphatic carbocycles. The van der Waals surface area contributed by atoms with Gasteiger partial charge in [-0.15, -0.1) is 0 Å². The molecule has 1 aliphatic heterocycles. The number of likely N-dealkylation sites (tertiary alicyclic amines) is 1. The molecule has 1 amide bonds. The maximum absolute atomic E-state index is 13.0. The highest BCUT2D eigenvalue weighted by Crippen LogP contribution is 2.31. The fraction of sp³-hybridized carbons (Fsp3) is 0.542. The second-order valence-corrected chi connectivity index (χ2v) is 8.26. The van der Waals surface area contributed by atoms with Gasteiger partial charge in [0.2, 0.25) is 5.91 Å². The van der Waals surface area contributed by atoms with Crippen molar-refractivity contribution in [2.45, 2.75) is 64.5 Å². The van der Waals surface area contributed by atoms with Crippen LogP contribution in [0.2, 0.25) is 0 Å². The van der Waals surface area contributed by atoms with E-state index in [1.165, 1.54) is 0 Å². The Morgan fingerprint density at radius 2 is 1.97 bits per heavy atom. The van der Waals surface area contributed by atoms with Gasteiger partial charge in [-0.3, -0.25) is 4.79 Å². The summed E-state index contributed by atoms with van der Waals surface area (Å²) in [5, 5.41) is 3.43. The van der Waals surface area contributed by atoms with E-state index in [0.29, 0.717) is 6.04 Å². The lowest BCUT2D eigenvalue weighted by atomic mass is 9.94. The number of ether oxygens (including phenoxy) is 1. The molecular formula is C24H34N4O2. The summed E-state index contributed by atoms with van der Waals surface area (Å²) in [6, 6.07) is 10.0. The number of methoxy groups -OCH3 is 1. The first-order valence-corrected chi connectivity index (χ1v) is 11.0. The van der Waals surface area contributed by atoms with Gasteiger partial charge in [0.15, 0.2) is 0 Å². The van der Waals surface area contributed by atoms with E-state index in [4.69, 9.17) is 9.72 Å². The SMILES string of the molecule is CCCC(NC(C)C)C(=O)N1CCC(c2nccc(-c3ccccc3OC)n2)CC1. The molecule has 162 valence electrons. The minimum absolute atomic E-state index is 0.0864. The average molecular weight is 411 g/mol. The highest BCUT2D eigenvalue weighted by molar-refractivity contribution is 5.82. The van der Waals surface area contributed by atoms with Crippen LogP contribution in [0.25, 0.3) is 11.3 Å². The Morgan fingerprint density at radius 3 is 2.63 bits per heavy atom. The number of amides is 1. The van der Waals surface area contributed by atoms with Gasteiger partial charge in [0.1, 0.15) is 11.6 Å². The predicted molar refractivity (Wildman–Crippen MR) is 120 cm³/mol. The molecule has 1 aromatic heterocycles. The summed E-state index contributed by atoms with van der Waals surface area (Å²) >= 11 is 0. The number of para-hydroxylation sites is 1. The van der Waals surface area contributed by atoms with E-state index in [9.17, 15) is 4.79 Å². The molecule has 1 unspecified atom stereocenters. The number of nitrogens with zero attached hydrogens (tertiary/aromatic N) is 3. The highest BCUT2D eigenvalue weighted by Gasteiger charge is 2.29. The van der Waals surface area contributed by atoms with Crippen LogP contribution in [0.5, 0.6) is 5.75 Å². The van der Waals surface area contributed by atoms with Crippen molar-refractivity contribution >= 4 is 5.91 Å². The lowest BCUT2D eigenvalue weighted by Gasteiger charge is -2.34. The van der Waals surface area contributed by atoms with Crippen LogP contribution in [-0.4, -0.2) is 53.1 Å². The second kappa shape index (κ2) is 10.5. The molecule has 0 spiro atoms. The van der Waals surface area contributed by atoms with Crippen LogP contribution in [0.15, 0.2) is 36.5 Å². The molecule has 6 nitrogen and oxygen atoms in total. The number of carbonyl (C=O) groups is 1. The molecule has 2 heterocycles. The Hall–Kier alpha value is -2.47. The molecule has 1 aliphatic rings. The van der Waals surface area contributed by atoms with Gasteiger partial charge >= 0.3 is 0 Å². The van der Waals surface area contributed by atoms with Crippen molar-refractivity contribution in [3.63, 3.8) is 0 Å². The predicted octanol–water partition coefficient (Wildman–Crippen LogP) is 4.02. The molecule has 1 saturated heterocycles. The Labute approximate surface area is 180 Å². The molecule has 0 radical (unpaired) electrons. The number of benzene rings is 1. The zero-order chi connectivity index (χ0) is 21.5. The van der Waals surface area contributed by atoms with E-state index in [2.05, 4.69) is 31.1 Å². The summed E-state index contributed by atoms with van der Waals surface area (Å²) in [5.74, 6) is 2.16. The number of piperidine rings is 1. The Balaban J connectivity index is 1.67. The van der Waals surface area contributed by atoms with Gasteiger partial charge in [0.25, 0.3) is 0 Å². The van der Waals surface area contributed by atoms with Gasteiger partial charge in [-0.2, -0.15) is 0 Å². The molecule has 30 heavy (non-hydrogen) atoms. The first kappa shape index (κ1) is 22.2. The second-order valence-electron chi connectivity index (χ2n) is 8.26. The fourth-order valence-electron chi connectivity index (χ4n) is 4.12. The normalized spacial score (nSPS) is 16.0. The van der Waals surface area contributed by atoms with E-state index < -0.39 is 0 Å². The van der Waals surface area contributed by atoms with Gasteiger partial charge in [-0.25, -0.2) is 9.97 Å². The summed E-state index contributed by atoms with van der Waals surface area (Å²) in [5.41, 5.74) is 1.85. The highest BCUT2D eigenvalue weighted by atomic mass is 16.5. The van der Waals surface area contributed by atoms with Crippen molar-refractivity contribution in [2.75, 3.05) is 20.2 Å². The number of rotatable bonds is 8. The van der Waals surface area contributed by atoms with Gasteiger partial charge in [0.05, 0.1) is 18.8 Å². The van der Waals surface area contributed by atoms with Crippen LogP contribution in [0, 0.1) is 0 Å².